The lowest BCUT2D eigenvalue weighted by molar-refractivity contribution is 0.0681. The number of amides is 1. The van der Waals surface area contributed by atoms with Crippen molar-refractivity contribution < 1.29 is 18.7 Å². The molecule has 0 aliphatic heterocycles. The molecule has 1 unspecified atom stereocenters. The first kappa shape index (κ1) is 12.6. The number of hydrogen-bond acceptors (Lipinski definition) is 2. The molecule has 0 heterocycles. The average Bonchev–Trinajstić information content (AvgIpc) is 2.24. The molecule has 0 aromatic heterocycles. The molecule has 1 aromatic carbocycles. The van der Waals surface area contributed by atoms with Gasteiger partial charge < -0.3 is 10.0 Å². The highest BCUT2D eigenvalue weighted by Crippen LogP contribution is 2.11. The van der Waals surface area contributed by atoms with Gasteiger partial charge in [0.05, 0.1) is 12.6 Å². The van der Waals surface area contributed by atoms with Crippen molar-refractivity contribution in [2.24, 2.45) is 0 Å². The highest BCUT2D eigenvalue weighted by Gasteiger charge is 2.17. The number of rotatable bonds is 3. The summed E-state index contributed by atoms with van der Waals surface area (Å²) in [5, 5.41) is 8.87. The van der Waals surface area contributed by atoms with Crippen LogP contribution in [0.2, 0.25) is 0 Å². The average molecular weight is 229 g/mol. The van der Waals surface area contributed by atoms with Crippen LogP contribution in [0.5, 0.6) is 0 Å². The smallest absolute Gasteiger partial charge is 0.254 e. The van der Waals surface area contributed by atoms with E-state index in [2.05, 4.69) is 0 Å². The largest absolute Gasteiger partial charge is 0.394 e. The van der Waals surface area contributed by atoms with Gasteiger partial charge in [-0.15, -0.1) is 0 Å². The highest BCUT2D eigenvalue weighted by molar-refractivity contribution is 5.94. The molecule has 1 N–H and O–H groups in total. The first-order valence-electron chi connectivity index (χ1n) is 4.79. The van der Waals surface area contributed by atoms with Crippen LogP contribution in [0.15, 0.2) is 18.2 Å². The lowest BCUT2D eigenvalue weighted by Crippen LogP contribution is -2.37. The van der Waals surface area contributed by atoms with Crippen molar-refractivity contribution >= 4 is 5.91 Å². The zero-order valence-corrected chi connectivity index (χ0v) is 9.08. The maximum Gasteiger partial charge on any atom is 0.254 e. The minimum Gasteiger partial charge on any atom is -0.394 e. The van der Waals surface area contributed by atoms with E-state index in [4.69, 9.17) is 5.11 Å². The van der Waals surface area contributed by atoms with E-state index in [1.54, 1.807) is 6.92 Å². The van der Waals surface area contributed by atoms with E-state index in [1.165, 1.54) is 11.9 Å². The van der Waals surface area contributed by atoms with E-state index in [-0.39, 0.29) is 12.2 Å². The monoisotopic (exact) mass is 229 g/mol. The van der Waals surface area contributed by atoms with Crippen LogP contribution in [0.4, 0.5) is 8.78 Å². The Bertz CT molecular complexity index is 375. The van der Waals surface area contributed by atoms with Crippen LogP contribution in [0.3, 0.4) is 0 Å². The molecule has 0 spiro atoms. The lowest BCUT2D eigenvalue weighted by atomic mass is 10.1. The molecule has 1 amide bonds. The third-order valence-corrected chi connectivity index (χ3v) is 2.36. The molecule has 0 bridgehead atoms. The molecule has 88 valence electrons. The van der Waals surface area contributed by atoms with Gasteiger partial charge in [0.25, 0.3) is 5.91 Å². The minimum absolute atomic E-state index is 0.0692. The fourth-order valence-corrected chi connectivity index (χ4v) is 1.20. The zero-order valence-electron chi connectivity index (χ0n) is 9.08. The number of aliphatic hydroxyl groups is 1. The van der Waals surface area contributed by atoms with Gasteiger partial charge in [-0.05, 0) is 19.1 Å². The molecular weight excluding hydrogens is 216 g/mol. The zero-order chi connectivity index (χ0) is 12.3. The molecule has 0 saturated carbocycles. The molecule has 1 atom stereocenters. The summed E-state index contributed by atoms with van der Waals surface area (Å²) in [6, 6.07) is 2.23. The Balaban J connectivity index is 2.96. The second-order valence-electron chi connectivity index (χ2n) is 3.61. The third kappa shape index (κ3) is 2.76. The van der Waals surface area contributed by atoms with E-state index >= 15 is 0 Å². The van der Waals surface area contributed by atoms with Gasteiger partial charge in [-0.1, -0.05) is 0 Å². The molecule has 0 saturated heterocycles. The van der Waals surface area contributed by atoms with Gasteiger partial charge in [-0.25, -0.2) is 8.78 Å². The minimum atomic E-state index is -0.798. The Hall–Kier alpha value is -1.49. The van der Waals surface area contributed by atoms with Crippen molar-refractivity contribution in [3.63, 3.8) is 0 Å². The van der Waals surface area contributed by atoms with Gasteiger partial charge in [-0.3, -0.25) is 4.79 Å². The third-order valence-electron chi connectivity index (χ3n) is 2.36. The number of aliphatic hydroxyl groups excluding tert-OH is 1. The van der Waals surface area contributed by atoms with Crippen LogP contribution < -0.4 is 0 Å². The van der Waals surface area contributed by atoms with Crippen molar-refractivity contribution in [1.82, 2.24) is 4.90 Å². The fraction of sp³-hybridized carbons (Fsp3) is 0.364. The molecule has 16 heavy (non-hydrogen) atoms. The first-order chi connectivity index (χ1) is 7.45. The van der Waals surface area contributed by atoms with Gasteiger partial charge in [0.15, 0.2) is 0 Å². The van der Waals surface area contributed by atoms with Gasteiger partial charge in [0, 0.05) is 18.7 Å². The van der Waals surface area contributed by atoms with E-state index in [0.29, 0.717) is 6.07 Å². The second-order valence-corrected chi connectivity index (χ2v) is 3.61. The highest BCUT2D eigenvalue weighted by atomic mass is 19.1. The Morgan fingerprint density at radius 3 is 2.31 bits per heavy atom. The quantitative estimate of drug-likeness (QED) is 0.851. The predicted octanol–water partition coefficient (Wildman–Crippen LogP) is 1.42. The number of carbonyl (C=O) groups is 1. The Morgan fingerprint density at radius 1 is 1.38 bits per heavy atom. The number of benzene rings is 1. The summed E-state index contributed by atoms with van der Waals surface area (Å²) in [5.41, 5.74) is -0.0692. The van der Waals surface area contributed by atoms with Crippen molar-refractivity contribution in [2.75, 3.05) is 13.7 Å². The van der Waals surface area contributed by atoms with Crippen molar-refractivity contribution in [3.8, 4) is 0 Å². The van der Waals surface area contributed by atoms with Crippen LogP contribution in [0, 0.1) is 11.6 Å². The first-order valence-corrected chi connectivity index (χ1v) is 4.79. The van der Waals surface area contributed by atoms with Crippen LogP contribution in [0.1, 0.15) is 17.3 Å². The number of likely N-dealkylation sites (N-methyl/N-ethyl adjacent to an activating group) is 1. The summed E-state index contributed by atoms with van der Waals surface area (Å²) in [6.07, 6.45) is 0. The molecular formula is C11H13F2NO2. The lowest BCUT2D eigenvalue weighted by Gasteiger charge is -2.23. The summed E-state index contributed by atoms with van der Waals surface area (Å²) in [4.78, 5) is 13.0. The summed E-state index contributed by atoms with van der Waals surface area (Å²) < 4.78 is 25.7. The molecule has 0 radical (unpaired) electrons. The topological polar surface area (TPSA) is 40.5 Å². The van der Waals surface area contributed by atoms with Gasteiger partial charge >= 0.3 is 0 Å². The van der Waals surface area contributed by atoms with Crippen molar-refractivity contribution in [1.29, 1.82) is 0 Å². The fourth-order valence-electron chi connectivity index (χ4n) is 1.20. The molecule has 1 aromatic rings. The summed E-state index contributed by atoms with van der Waals surface area (Å²) in [6.45, 7) is 1.42. The van der Waals surface area contributed by atoms with Crippen LogP contribution in [0.25, 0.3) is 0 Å². The maximum atomic E-state index is 12.9. The van der Waals surface area contributed by atoms with Crippen LogP contribution >= 0.6 is 0 Å². The number of carbonyl (C=O) groups excluding carboxylic acids is 1. The van der Waals surface area contributed by atoms with E-state index in [1.807, 2.05) is 0 Å². The summed E-state index contributed by atoms with van der Waals surface area (Å²) >= 11 is 0. The Kier molecular flexibility index (Phi) is 3.95. The van der Waals surface area contributed by atoms with Gasteiger partial charge in [-0.2, -0.15) is 0 Å². The molecule has 3 nitrogen and oxygen atoms in total. The van der Waals surface area contributed by atoms with E-state index < -0.39 is 23.6 Å². The standard InChI is InChI=1S/C11H13F2NO2/c1-7(6-15)14(2)11(16)8-3-9(12)5-10(13)4-8/h3-5,7,15H,6H2,1-2H3. The van der Waals surface area contributed by atoms with Crippen LogP contribution in [-0.4, -0.2) is 35.6 Å². The van der Waals surface area contributed by atoms with Crippen molar-refractivity contribution in [2.45, 2.75) is 13.0 Å². The van der Waals surface area contributed by atoms with Crippen LogP contribution in [-0.2, 0) is 0 Å². The number of nitrogens with zero attached hydrogens (tertiary/aromatic N) is 1. The normalized spacial score (nSPS) is 12.3. The Morgan fingerprint density at radius 2 is 1.88 bits per heavy atom. The summed E-state index contributed by atoms with van der Waals surface area (Å²) in [5.74, 6) is -2.12. The molecule has 0 fully saturated rings. The van der Waals surface area contributed by atoms with E-state index in [9.17, 15) is 13.6 Å². The second kappa shape index (κ2) is 5.03. The molecule has 0 aliphatic rings. The summed E-state index contributed by atoms with van der Waals surface area (Å²) in [7, 11) is 1.46. The Labute approximate surface area is 92.3 Å². The molecule has 1 rings (SSSR count). The predicted molar refractivity (Wildman–Crippen MR) is 55.0 cm³/mol. The number of hydrogen-bond donors (Lipinski definition) is 1. The SMILES string of the molecule is CC(CO)N(C)C(=O)c1cc(F)cc(F)c1. The van der Waals surface area contributed by atoms with E-state index in [0.717, 1.165) is 12.1 Å². The molecule has 0 aliphatic carbocycles. The van der Waals surface area contributed by atoms with Crippen molar-refractivity contribution in [3.05, 3.63) is 35.4 Å². The molecule has 5 heteroatoms. The van der Waals surface area contributed by atoms with Gasteiger partial charge in [0.1, 0.15) is 11.6 Å². The maximum absolute atomic E-state index is 12.9. The van der Waals surface area contributed by atoms with Gasteiger partial charge in [0.2, 0.25) is 0 Å². The number of halogens is 2.